The molecule has 108 valence electrons. The molecule has 0 saturated heterocycles. The minimum Gasteiger partial charge on any atom is -0.398 e. The first kappa shape index (κ1) is 15.2. The van der Waals surface area contributed by atoms with Crippen molar-refractivity contribution in [2.24, 2.45) is 0 Å². The summed E-state index contributed by atoms with van der Waals surface area (Å²) < 4.78 is 26.8. The van der Waals surface area contributed by atoms with Crippen LogP contribution in [0.1, 0.15) is 16.3 Å². The van der Waals surface area contributed by atoms with Gasteiger partial charge in [-0.05, 0) is 31.5 Å². The van der Waals surface area contributed by atoms with Crippen molar-refractivity contribution >= 4 is 38.6 Å². The molecule has 2 rings (SSSR count). The van der Waals surface area contributed by atoms with Crippen LogP contribution in [0.5, 0.6) is 0 Å². The van der Waals surface area contributed by atoms with Gasteiger partial charge in [-0.2, -0.15) is 0 Å². The zero-order valence-electron chi connectivity index (χ0n) is 11.0. The van der Waals surface area contributed by atoms with Crippen molar-refractivity contribution in [2.75, 3.05) is 5.73 Å². The van der Waals surface area contributed by atoms with E-state index < -0.39 is 10.0 Å². The van der Waals surface area contributed by atoms with E-state index in [0.717, 1.165) is 5.69 Å². The normalized spacial score (nSPS) is 11.8. The Kier molecular flexibility index (Phi) is 4.33. The summed E-state index contributed by atoms with van der Waals surface area (Å²) >= 11 is 7.37. The standard InChI is InChI=1S/C12H14ClN3O2S2/c1-7-6-19-12(16-7)5-15-20(17,18)9-3-10(13)8(2)11(14)4-9/h3-4,6,15H,5,14H2,1-2H3. The summed E-state index contributed by atoms with van der Waals surface area (Å²) in [4.78, 5) is 4.25. The lowest BCUT2D eigenvalue weighted by molar-refractivity contribution is 0.581. The molecule has 0 saturated carbocycles. The highest BCUT2D eigenvalue weighted by Crippen LogP contribution is 2.26. The minimum absolute atomic E-state index is 0.0545. The maximum Gasteiger partial charge on any atom is 0.241 e. The molecule has 20 heavy (non-hydrogen) atoms. The zero-order valence-corrected chi connectivity index (χ0v) is 13.4. The van der Waals surface area contributed by atoms with Crippen molar-refractivity contribution in [3.8, 4) is 0 Å². The number of halogens is 1. The molecule has 0 bridgehead atoms. The fraction of sp³-hybridized carbons (Fsp3) is 0.250. The van der Waals surface area contributed by atoms with Crippen LogP contribution in [0, 0.1) is 13.8 Å². The molecule has 8 heteroatoms. The molecule has 1 aromatic heterocycles. The van der Waals surface area contributed by atoms with Gasteiger partial charge >= 0.3 is 0 Å². The summed E-state index contributed by atoms with van der Waals surface area (Å²) in [6, 6.07) is 2.79. The number of benzene rings is 1. The number of hydrogen-bond donors (Lipinski definition) is 2. The first-order chi connectivity index (χ1) is 9.29. The lowest BCUT2D eigenvalue weighted by Crippen LogP contribution is -2.23. The largest absolute Gasteiger partial charge is 0.398 e. The number of aromatic nitrogens is 1. The van der Waals surface area contributed by atoms with Crippen LogP contribution < -0.4 is 10.5 Å². The number of nitrogens with zero attached hydrogens (tertiary/aromatic N) is 1. The van der Waals surface area contributed by atoms with Gasteiger partial charge in [-0.1, -0.05) is 11.6 Å². The number of thiazole rings is 1. The number of nitrogens with two attached hydrogens (primary N) is 1. The van der Waals surface area contributed by atoms with E-state index in [9.17, 15) is 8.42 Å². The molecule has 1 aromatic carbocycles. The summed E-state index contributed by atoms with van der Waals surface area (Å²) in [6.07, 6.45) is 0. The fourth-order valence-electron chi connectivity index (χ4n) is 1.55. The van der Waals surface area contributed by atoms with E-state index in [1.807, 2.05) is 12.3 Å². The molecular weight excluding hydrogens is 318 g/mol. The van der Waals surface area contributed by atoms with Crippen LogP contribution in [0.3, 0.4) is 0 Å². The van der Waals surface area contributed by atoms with Gasteiger partial charge in [0.2, 0.25) is 10.0 Å². The topological polar surface area (TPSA) is 85.1 Å². The Balaban J connectivity index is 2.22. The zero-order chi connectivity index (χ0) is 14.9. The average molecular weight is 332 g/mol. The molecule has 0 spiro atoms. The molecule has 0 fully saturated rings. The first-order valence-electron chi connectivity index (χ1n) is 5.76. The summed E-state index contributed by atoms with van der Waals surface area (Å²) in [7, 11) is -3.66. The Morgan fingerprint density at radius 1 is 1.40 bits per heavy atom. The van der Waals surface area contributed by atoms with E-state index in [4.69, 9.17) is 17.3 Å². The van der Waals surface area contributed by atoms with Crippen LogP contribution in [0.15, 0.2) is 22.4 Å². The number of aryl methyl sites for hydroxylation is 1. The van der Waals surface area contributed by atoms with E-state index in [2.05, 4.69) is 9.71 Å². The number of anilines is 1. The molecule has 0 atom stereocenters. The molecule has 1 heterocycles. The highest BCUT2D eigenvalue weighted by atomic mass is 35.5. The quantitative estimate of drug-likeness (QED) is 0.843. The highest BCUT2D eigenvalue weighted by Gasteiger charge is 2.17. The Morgan fingerprint density at radius 2 is 2.10 bits per heavy atom. The lowest BCUT2D eigenvalue weighted by Gasteiger charge is -2.09. The van der Waals surface area contributed by atoms with Crippen molar-refractivity contribution in [1.82, 2.24) is 9.71 Å². The predicted molar refractivity (Wildman–Crippen MR) is 81.5 cm³/mol. The lowest BCUT2D eigenvalue weighted by atomic mass is 10.2. The number of nitrogen functional groups attached to an aromatic ring is 1. The van der Waals surface area contributed by atoms with Crippen LogP contribution in [-0.4, -0.2) is 13.4 Å². The van der Waals surface area contributed by atoms with Gasteiger partial charge in [-0.15, -0.1) is 11.3 Å². The van der Waals surface area contributed by atoms with Gasteiger partial charge in [-0.3, -0.25) is 0 Å². The summed E-state index contributed by atoms with van der Waals surface area (Å²) in [5.74, 6) is 0. The minimum atomic E-state index is -3.66. The number of rotatable bonds is 4. The van der Waals surface area contributed by atoms with Crippen molar-refractivity contribution in [3.05, 3.63) is 38.8 Å². The third-order valence-electron chi connectivity index (χ3n) is 2.75. The van der Waals surface area contributed by atoms with Crippen LogP contribution in [0.4, 0.5) is 5.69 Å². The maximum atomic E-state index is 12.2. The molecule has 0 aliphatic carbocycles. The molecular formula is C12H14ClN3O2S2. The van der Waals surface area contributed by atoms with E-state index in [-0.39, 0.29) is 11.4 Å². The molecule has 0 unspecified atom stereocenters. The Hall–Kier alpha value is -1.15. The highest BCUT2D eigenvalue weighted by molar-refractivity contribution is 7.89. The molecule has 0 aliphatic heterocycles. The molecule has 0 radical (unpaired) electrons. The van der Waals surface area contributed by atoms with Crippen LogP contribution in [-0.2, 0) is 16.6 Å². The van der Waals surface area contributed by atoms with Crippen LogP contribution in [0.25, 0.3) is 0 Å². The van der Waals surface area contributed by atoms with E-state index in [0.29, 0.717) is 21.3 Å². The van der Waals surface area contributed by atoms with Crippen molar-refractivity contribution in [2.45, 2.75) is 25.3 Å². The fourth-order valence-corrected chi connectivity index (χ4v) is 3.70. The molecule has 2 aromatic rings. The third-order valence-corrected chi connectivity index (χ3v) is 5.49. The second kappa shape index (κ2) is 5.69. The van der Waals surface area contributed by atoms with E-state index in [1.165, 1.54) is 23.5 Å². The third kappa shape index (κ3) is 3.29. The predicted octanol–water partition coefficient (Wildman–Crippen LogP) is 2.47. The van der Waals surface area contributed by atoms with Gasteiger partial charge in [0.05, 0.1) is 11.4 Å². The first-order valence-corrected chi connectivity index (χ1v) is 8.50. The number of sulfonamides is 1. The van der Waals surface area contributed by atoms with Gasteiger partial charge in [0.15, 0.2) is 0 Å². The van der Waals surface area contributed by atoms with Crippen molar-refractivity contribution in [3.63, 3.8) is 0 Å². The van der Waals surface area contributed by atoms with Crippen molar-refractivity contribution < 1.29 is 8.42 Å². The van der Waals surface area contributed by atoms with Gasteiger partial charge < -0.3 is 5.73 Å². The molecule has 0 aliphatic rings. The molecule has 0 amide bonds. The van der Waals surface area contributed by atoms with E-state index >= 15 is 0 Å². The molecule has 5 nitrogen and oxygen atoms in total. The second-order valence-electron chi connectivity index (χ2n) is 4.33. The van der Waals surface area contributed by atoms with E-state index in [1.54, 1.807) is 6.92 Å². The number of nitrogens with one attached hydrogen (secondary N) is 1. The second-order valence-corrected chi connectivity index (χ2v) is 7.44. The smallest absolute Gasteiger partial charge is 0.241 e. The average Bonchev–Trinajstić information content (AvgIpc) is 2.79. The van der Waals surface area contributed by atoms with Crippen molar-refractivity contribution in [1.29, 1.82) is 0 Å². The SMILES string of the molecule is Cc1csc(CNS(=O)(=O)c2cc(N)c(C)c(Cl)c2)n1. The van der Waals surface area contributed by atoms with Gasteiger partial charge in [0, 0.05) is 21.8 Å². The number of hydrogen-bond acceptors (Lipinski definition) is 5. The van der Waals surface area contributed by atoms with Gasteiger partial charge in [0.1, 0.15) is 5.01 Å². The Morgan fingerprint density at radius 3 is 2.65 bits per heavy atom. The van der Waals surface area contributed by atoms with Gasteiger partial charge in [0.25, 0.3) is 0 Å². The maximum absolute atomic E-state index is 12.2. The van der Waals surface area contributed by atoms with Crippen LogP contribution >= 0.6 is 22.9 Å². The van der Waals surface area contributed by atoms with Crippen LogP contribution in [0.2, 0.25) is 5.02 Å². The summed E-state index contributed by atoms with van der Waals surface area (Å²) in [6.45, 7) is 3.74. The van der Waals surface area contributed by atoms with Gasteiger partial charge in [-0.25, -0.2) is 18.1 Å². The Bertz CT molecular complexity index is 718. The summed E-state index contributed by atoms with van der Waals surface area (Å²) in [5, 5.41) is 2.90. The molecule has 3 N–H and O–H groups in total. The summed E-state index contributed by atoms with van der Waals surface area (Å²) in [5.41, 5.74) is 7.63. The Labute approximate surface area is 126 Å². The monoisotopic (exact) mass is 331 g/mol.